The van der Waals surface area contributed by atoms with E-state index in [9.17, 15) is 29.4 Å². The number of para-hydroxylation sites is 1. The number of non-ortho nitro benzene ring substituents is 1. The Morgan fingerprint density at radius 1 is 0.971 bits per heavy atom. The van der Waals surface area contributed by atoms with Gasteiger partial charge in [0.1, 0.15) is 11.6 Å². The molecule has 3 aromatic carbocycles. The van der Waals surface area contributed by atoms with Gasteiger partial charge in [-0.2, -0.15) is 0 Å². The van der Waals surface area contributed by atoms with Crippen LogP contribution in [0.25, 0.3) is 6.08 Å². The standard InChI is InChI=1S/C22H12FN3O6S2/c23-14-5-3-6-15(11-14)24-21(27)20(34-22(24)33)10-13-4-1-2-7-18(13)32-19-9-8-16(25(28)29)12-17(19)26(30)31/h1-12H/b20-10-. The molecule has 1 amide bonds. The van der Waals surface area contributed by atoms with E-state index in [0.29, 0.717) is 5.56 Å². The molecule has 0 radical (unpaired) electrons. The third-order valence-corrected chi connectivity index (χ3v) is 5.94. The summed E-state index contributed by atoms with van der Waals surface area (Å²) in [7, 11) is 0. The van der Waals surface area contributed by atoms with Gasteiger partial charge in [0, 0.05) is 11.6 Å². The van der Waals surface area contributed by atoms with Gasteiger partial charge >= 0.3 is 5.69 Å². The van der Waals surface area contributed by atoms with Gasteiger partial charge in [0.15, 0.2) is 4.32 Å². The van der Waals surface area contributed by atoms with Crippen LogP contribution in [0.3, 0.4) is 0 Å². The van der Waals surface area contributed by atoms with Crippen molar-refractivity contribution in [1.82, 2.24) is 0 Å². The highest BCUT2D eigenvalue weighted by molar-refractivity contribution is 8.27. The van der Waals surface area contributed by atoms with Crippen LogP contribution in [-0.4, -0.2) is 20.1 Å². The van der Waals surface area contributed by atoms with Crippen molar-refractivity contribution >= 4 is 57.3 Å². The van der Waals surface area contributed by atoms with E-state index >= 15 is 0 Å². The molecule has 3 aromatic rings. The number of nitrogens with zero attached hydrogens (tertiary/aromatic N) is 3. The van der Waals surface area contributed by atoms with Crippen LogP contribution in [-0.2, 0) is 4.79 Å². The summed E-state index contributed by atoms with van der Waals surface area (Å²) in [5, 5.41) is 22.4. The predicted molar refractivity (Wildman–Crippen MR) is 128 cm³/mol. The first-order valence-electron chi connectivity index (χ1n) is 9.48. The fraction of sp³-hybridized carbons (Fsp3) is 0. The lowest BCUT2D eigenvalue weighted by molar-refractivity contribution is -0.394. The summed E-state index contributed by atoms with van der Waals surface area (Å²) in [5.74, 6) is -1.00. The molecule has 0 aromatic heterocycles. The van der Waals surface area contributed by atoms with Crippen LogP contribution in [0.5, 0.6) is 11.5 Å². The van der Waals surface area contributed by atoms with Gasteiger partial charge in [0.2, 0.25) is 5.75 Å². The van der Waals surface area contributed by atoms with E-state index in [0.717, 1.165) is 30.0 Å². The molecule has 34 heavy (non-hydrogen) atoms. The monoisotopic (exact) mass is 497 g/mol. The molecule has 0 bridgehead atoms. The van der Waals surface area contributed by atoms with Gasteiger partial charge in [-0.05, 0) is 36.4 Å². The average Bonchev–Trinajstić information content (AvgIpc) is 3.07. The molecule has 1 aliphatic rings. The molecular weight excluding hydrogens is 485 g/mol. The summed E-state index contributed by atoms with van der Waals surface area (Å²) in [5.41, 5.74) is -0.332. The van der Waals surface area contributed by atoms with Gasteiger partial charge in [-0.25, -0.2) is 4.39 Å². The number of thioether (sulfide) groups is 1. The van der Waals surface area contributed by atoms with Gasteiger partial charge in [-0.15, -0.1) is 0 Å². The zero-order chi connectivity index (χ0) is 24.4. The molecule has 1 saturated heterocycles. The molecule has 1 fully saturated rings. The number of thiocarbonyl (C=S) groups is 1. The molecule has 1 heterocycles. The maximum absolute atomic E-state index is 13.6. The summed E-state index contributed by atoms with van der Waals surface area (Å²) in [6, 6.07) is 15.0. The fourth-order valence-electron chi connectivity index (χ4n) is 3.11. The van der Waals surface area contributed by atoms with Crippen LogP contribution < -0.4 is 9.64 Å². The van der Waals surface area contributed by atoms with E-state index in [1.165, 1.54) is 35.2 Å². The largest absolute Gasteiger partial charge is 0.449 e. The third-order valence-electron chi connectivity index (χ3n) is 4.64. The topological polar surface area (TPSA) is 116 Å². The smallest absolute Gasteiger partial charge is 0.318 e. The van der Waals surface area contributed by atoms with E-state index in [4.69, 9.17) is 17.0 Å². The number of carbonyl (C=O) groups is 1. The number of anilines is 1. The maximum atomic E-state index is 13.6. The third kappa shape index (κ3) is 4.63. The molecular formula is C22H12FN3O6S2. The number of rotatable bonds is 6. The molecule has 0 aliphatic carbocycles. The summed E-state index contributed by atoms with van der Waals surface area (Å²) in [6.07, 6.45) is 1.51. The molecule has 0 atom stereocenters. The predicted octanol–water partition coefficient (Wildman–Crippen LogP) is 5.84. The summed E-state index contributed by atoms with van der Waals surface area (Å²) < 4.78 is 19.6. The minimum Gasteiger partial charge on any atom is -0.449 e. The first kappa shape index (κ1) is 23.0. The van der Waals surface area contributed by atoms with Crippen molar-refractivity contribution in [2.24, 2.45) is 0 Å². The minimum absolute atomic E-state index is 0.176. The first-order valence-corrected chi connectivity index (χ1v) is 10.7. The molecule has 12 heteroatoms. The van der Waals surface area contributed by atoms with Crippen LogP contribution in [0, 0.1) is 26.0 Å². The van der Waals surface area contributed by atoms with E-state index in [1.54, 1.807) is 24.3 Å². The Bertz CT molecular complexity index is 1390. The summed E-state index contributed by atoms with van der Waals surface area (Å²) >= 11 is 6.31. The van der Waals surface area contributed by atoms with Crippen LogP contribution >= 0.6 is 24.0 Å². The van der Waals surface area contributed by atoms with Gasteiger partial charge in [-0.1, -0.05) is 48.2 Å². The Balaban J connectivity index is 1.68. The zero-order valence-electron chi connectivity index (χ0n) is 16.9. The lowest BCUT2D eigenvalue weighted by Gasteiger charge is -2.14. The van der Waals surface area contributed by atoms with E-state index < -0.39 is 32.9 Å². The number of halogens is 1. The van der Waals surface area contributed by atoms with E-state index in [-0.39, 0.29) is 26.4 Å². The number of amides is 1. The number of hydrogen-bond acceptors (Lipinski definition) is 8. The van der Waals surface area contributed by atoms with Crippen molar-refractivity contribution in [3.8, 4) is 11.5 Å². The van der Waals surface area contributed by atoms with Crippen molar-refractivity contribution in [2.75, 3.05) is 4.90 Å². The number of benzene rings is 3. The first-order chi connectivity index (χ1) is 16.2. The Kier molecular flexibility index (Phi) is 6.34. The second-order valence-electron chi connectivity index (χ2n) is 6.80. The number of nitro benzene ring substituents is 2. The molecule has 0 unspecified atom stereocenters. The normalized spacial score (nSPS) is 14.5. The van der Waals surface area contributed by atoms with Crippen molar-refractivity contribution in [2.45, 2.75) is 0 Å². The van der Waals surface area contributed by atoms with Gasteiger partial charge < -0.3 is 4.74 Å². The molecule has 0 spiro atoms. The Morgan fingerprint density at radius 3 is 2.44 bits per heavy atom. The highest BCUT2D eigenvalue weighted by atomic mass is 32.2. The van der Waals surface area contributed by atoms with Crippen molar-refractivity contribution in [3.63, 3.8) is 0 Å². The number of nitro groups is 2. The van der Waals surface area contributed by atoms with Crippen molar-refractivity contribution in [3.05, 3.63) is 103 Å². The number of hydrogen-bond donors (Lipinski definition) is 0. The highest BCUT2D eigenvalue weighted by Crippen LogP contribution is 2.39. The van der Waals surface area contributed by atoms with Gasteiger partial charge in [0.05, 0.1) is 26.5 Å². The van der Waals surface area contributed by atoms with E-state index in [1.807, 2.05) is 0 Å². The van der Waals surface area contributed by atoms with Crippen molar-refractivity contribution in [1.29, 1.82) is 0 Å². The Hall–Kier alpha value is -4.16. The SMILES string of the molecule is O=C1/C(=C/c2ccccc2Oc2ccc([N+](=O)[O-])cc2[N+](=O)[O-])SC(=S)N1c1cccc(F)c1. The quantitative estimate of drug-likeness (QED) is 0.180. The minimum atomic E-state index is -0.783. The molecule has 4 rings (SSSR count). The van der Waals surface area contributed by atoms with Crippen LogP contribution in [0.1, 0.15) is 5.56 Å². The second-order valence-corrected chi connectivity index (χ2v) is 8.48. The van der Waals surface area contributed by atoms with E-state index in [2.05, 4.69) is 0 Å². The Morgan fingerprint density at radius 2 is 1.74 bits per heavy atom. The molecule has 1 aliphatic heterocycles. The molecule has 0 saturated carbocycles. The Labute approximate surface area is 200 Å². The van der Waals surface area contributed by atoms with Crippen LogP contribution in [0.4, 0.5) is 21.5 Å². The zero-order valence-corrected chi connectivity index (χ0v) is 18.5. The fourth-order valence-corrected chi connectivity index (χ4v) is 4.40. The van der Waals surface area contributed by atoms with Gasteiger partial charge in [-0.3, -0.25) is 29.9 Å². The molecule has 0 N–H and O–H groups in total. The van der Waals surface area contributed by atoms with Crippen LogP contribution in [0.2, 0.25) is 0 Å². The maximum Gasteiger partial charge on any atom is 0.318 e. The van der Waals surface area contributed by atoms with Crippen molar-refractivity contribution < 1.29 is 23.8 Å². The molecule has 9 nitrogen and oxygen atoms in total. The van der Waals surface area contributed by atoms with Crippen LogP contribution in [0.15, 0.2) is 71.6 Å². The highest BCUT2D eigenvalue weighted by Gasteiger charge is 2.33. The average molecular weight is 497 g/mol. The summed E-state index contributed by atoms with van der Waals surface area (Å²) in [4.78, 5) is 35.3. The summed E-state index contributed by atoms with van der Waals surface area (Å²) in [6.45, 7) is 0. The lowest BCUT2D eigenvalue weighted by atomic mass is 10.1. The number of ether oxygens (including phenoxy) is 1. The van der Waals surface area contributed by atoms with Gasteiger partial charge in [0.25, 0.3) is 11.6 Å². The lowest BCUT2D eigenvalue weighted by Crippen LogP contribution is -2.27. The second kappa shape index (κ2) is 9.37. The molecule has 170 valence electrons. The number of carbonyl (C=O) groups excluding carboxylic acids is 1.